The maximum absolute atomic E-state index is 12.1. The Labute approximate surface area is 135 Å². The summed E-state index contributed by atoms with van der Waals surface area (Å²) in [6.07, 6.45) is 1.62. The van der Waals surface area contributed by atoms with Crippen molar-refractivity contribution in [3.8, 4) is 5.75 Å². The molecular formula is C18H23F3O2. The molecule has 1 aliphatic carbocycles. The number of rotatable bonds is 6. The fourth-order valence-corrected chi connectivity index (χ4v) is 3.25. The molecule has 0 atom stereocenters. The van der Waals surface area contributed by atoms with E-state index in [0.29, 0.717) is 18.1 Å². The van der Waals surface area contributed by atoms with Crippen molar-refractivity contribution in [3.05, 3.63) is 29.8 Å². The van der Waals surface area contributed by atoms with E-state index in [9.17, 15) is 18.0 Å². The van der Waals surface area contributed by atoms with Crippen LogP contribution in [-0.4, -0.2) is 12.1 Å². The van der Waals surface area contributed by atoms with Crippen LogP contribution in [0.1, 0.15) is 63.4 Å². The van der Waals surface area contributed by atoms with Gasteiger partial charge in [-0.2, -0.15) is 0 Å². The summed E-state index contributed by atoms with van der Waals surface area (Å²) < 4.78 is 40.3. The summed E-state index contributed by atoms with van der Waals surface area (Å²) in [6.45, 7) is 2.08. The van der Waals surface area contributed by atoms with Crippen LogP contribution >= 0.6 is 0 Å². The number of hydrogen-bond acceptors (Lipinski definition) is 2. The molecule has 0 aliphatic heterocycles. The van der Waals surface area contributed by atoms with Crippen LogP contribution in [0.3, 0.4) is 0 Å². The molecule has 0 spiro atoms. The first-order valence-corrected chi connectivity index (χ1v) is 8.27. The van der Waals surface area contributed by atoms with Gasteiger partial charge in [0.15, 0.2) is 0 Å². The monoisotopic (exact) mass is 328 g/mol. The van der Waals surface area contributed by atoms with E-state index >= 15 is 0 Å². The molecule has 128 valence electrons. The Bertz CT molecular complexity index is 500. The third-order valence-corrected chi connectivity index (χ3v) is 4.54. The molecule has 0 saturated heterocycles. The van der Waals surface area contributed by atoms with Crippen LogP contribution in [0, 0.1) is 5.92 Å². The molecule has 5 heteroatoms. The highest BCUT2D eigenvalue weighted by atomic mass is 19.4. The molecule has 0 radical (unpaired) electrons. The van der Waals surface area contributed by atoms with Crippen LogP contribution in [0.2, 0.25) is 0 Å². The zero-order chi connectivity index (χ0) is 16.9. The van der Waals surface area contributed by atoms with Crippen molar-refractivity contribution in [2.75, 3.05) is 0 Å². The lowest BCUT2D eigenvalue weighted by atomic mass is 9.76. The van der Waals surface area contributed by atoms with E-state index in [1.54, 1.807) is 12.1 Å². The Morgan fingerprint density at radius 2 is 1.74 bits per heavy atom. The van der Waals surface area contributed by atoms with Crippen molar-refractivity contribution in [2.24, 2.45) is 5.92 Å². The second kappa shape index (κ2) is 7.84. The summed E-state index contributed by atoms with van der Waals surface area (Å²) >= 11 is 0. The third kappa shape index (κ3) is 5.56. The number of ether oxygens (including phenoxy) is 1. The standard InChI is InChI=1S/C18H23F3O2/c1-2-3-4-17(22)15-7-5-13(6-8-15)14-9-11-16(12-10-14)23-18(19,20)21/h9-13,15H,2-8H2,1H3/t13-,15-. The maximum Gasteiger partial charge on any atom is 0.573 e. The highest BCUT2D eigenvalue weighted by Crippen LogP contribution is 2.37. The maximum atomic E-state index is 12.1. The number of Topliss-reactive ketones (excluding diaryl/α,β-unsaturated/α-hetero) is 1. The van der Waals surface area contributed by atoms with E-state index in [4.69, 9.17) is 0 Å². The summed E-state index contributed by atoms with van der Waals surface area (Å²) in [5, 5.41) is 0. The highest BCUT2D eigenvalue weighted by Gasteiger charge is 2.31. The van der Waals surface area contributed by atoms with Crippen molar-refractivity contribution >= 4 is 5.78 Å². The molecule has 1 fully saturated rings. The summed E-state index contributed by atoms with van der Waals surface area (Å²) in [7, 11) is 0. The molecule has 0 N–H and O–H groups in total. The van der Waals surface area contributed by atoms with Crippen LogP contribution in [-0.2, 0) is 4.79 Å². The van der Waals surface area contributed by atoms with Crippen LogP contribution < -0.4 is 4.74 Å². The second-order valence-electron chi connectivity index (χ2n) is 6.24. The molecule has 0 bridgehead atoms. The van der Waals surface area contributed by atoms with Gasteiger partial charge in [0.05, 0.1) is 0 Å². The number of halogens is 3. The Morgan fingerprint density at radius 3 is 2.26 bits per heavy atom. The van der Waals surface area contributed by atoms with Gasteiger partial charge in [-0.1, -0.05) is 25.5 Å². The zero-order valence-electron chi connectivity index (χ0n) is 13.4. The van der Waals surface area contributed by atoms with Crippen molar-refractivity contribution in [1.29, 1.82) is 0 Å². The minimum atomic E-state index is -4.65. The summed E-state index contributed by atoms with van der Waals surface area (Å²) in [4.78, 5) is 12.1. The van der Waals surface area contributed by atoms with Crippen LogP contribution in [0.25, 0.3) is 0 Å². The molecule has 1 aliphatic rings. The number of benzene rings is 1. The van der Waals surface area contributed by atoms with Crippen LogP contribution in [0.5, 0.6) is 5.75 Å². The number of ketones is 1. The van der Waals surface area contributed by atoms with Crippen molar-refractivity contribution in [1.82, 2.24) is 0 Å². The molecule has 1 aromatic rings. The van der Waals surface area contributed by atoms with Crippen molar-refractivity contribution in [2.45, 2.75) is 64.1 Å². The fraction of sp³-hybridized carbons (Fsp3) is 0.611. The average Bonchev–Trinajstić information content (AvgIpc) is 2.52. The molecule has 2 rings (SSSR count). The first-order valence-electron chi connectivity index (χ1n) is 8.27. The van der Waals surface area contributed by atoms with E-state index in [2.05, 4.69) is 11.7 Å². The van der Waals surface area contributed by atoms with Gasteiger partial charge in [0, 0.05) is 12.3 Å². The lowest BCUT2D eigenvalue weighted by Gasteiger charge is -2.28. The first-order chi connectivity index (χ1) is 10.9. The third-order valence-electron chi connectivity index (χ3n) is 4.54. The quantitative estimate of drug-likeness (QED) is 0.677. The number of carbonyl (C=O) groups is 1. The fourth-order valence-electron chi connectivity index (χ4n) is 3.25. The van der Waals surface area contributed by atoms with E-state index in [0.717, 1.165) is 44.1 Å². The first kappa shape index (κ1) is 17.8. The predicted octanol–water partition coefficient (Wildman–Crippen LogP) is 5.62. The van der Waals surface area contributed by atoms with Gasteiger partial charge in [-0.15, -0.1) is 13.2 Å². The highest BCUT2D eigenvalue weighted by molar-refractivity contribution is 5.81. The Morgan fingerprint density at radius 1 is 1.13 bits per heavy atom. The SMILES string of the molecule is CCCCC(=O)[C@H]1CC[C@H](c2ccc(OC(F)(F)F)cc2)CC1. The van der Waals surface area contributed by atoms with Gasteiger partial charge in [-0.3, -0.25) is 4.79 Å². The van der Waals surface area contributed by atoms with Gasteiger partial charge in [-0.05, 0) is 55.7 Å². The zero-order valence-corrected chi connectivity index (χ0v) is 13.4. The summed E-state index contributed by atoms with van der Waals surface area (Å²) in [5.41, 5.74) is 1.03. The lowest BCUT2D eigenvalue weighted by Crippen LogP contribution is -2.21. The Hall–Kier alpha value is -1.52. The van der Waals surface area contributed by atoms with E-state index in [1.165, 1.54) is 12.1 Å². The lowest BCUT2D eigenvalue weighted by molar-refractivity contribution is -0.274. The molecule has 1 saturated carbocycles. The second-order valence-corrected chi connectivity index (χ2v) is 6.24. The smallest absolute Gasteiger partial charge is 0.406 e. The number of unbranched alkanes of at least 4 members (excludes halogenated alkanes) is 1. The summed E-state index contributed by atoms with van der Waals surface area (Å²) in [5.74, 6) is 0.680. The van der Waals surface area contributed by atoms with E-state index in [1.807, 2.05) is 0 Å². The molecular weight excluding hydrogens is 305 g/mol. The average molecular weight is 328 g/mol. The predicted molar refractivity (Wildman–Crippen MR) is 82.4 cm³/mol. The number of alkyl halides is 3. The molecule has 2 nitrogen and oxygen atoms in total. The molecule has 0 aromatic heterocycles. The Kier molecular flexibility index (Phi) is 6.08. The number of carbonyl (C=O) groups excluding carboxylic acids is 1. The molecule has 1 aromatic carbocycles. The summed E-state index contributed by atoms with van der Waals surface area (Å²) in [6, 6.07) is 6.12. The van der Waals surface area contributed by atoms with E-state index < -0.39 is 6.36 Å². The van der Waals surface area contributed by atoms with Gasteiger partial charge < -0.3 is 4.74 Å². The molecule has 23 heavy (non-hydrogen) atoms. The van der Waals surface area contributed by atoms with E-state index in [-0.39, 0.29) is 11.7 Å². The normalized spacial score (nSPS) is 21.9. The molecule has 0 unspecified atom stereocenters. The minimum absolute atomic E-state index is 0.172. The molecule has 0 amide bonds. The van der Waals surface area contributed by atoms with Crippen LogP contribution in [0.4, 0.5) is 13.2 Å². The van der Waals surface area contributed by atoms with Crippen molar-refractivity contribution in [3.63, 3.8) is 0 Å². The number of hydrogen-bond donors (Lipinski definition) is 0. The van der Waals surface area contributed by atoms with Gasteiger partial charge in [0.2, 0.25) is 0 Å². The van der Waals surface area contributed by atoms with Crippen molar-refractivity contribution < 1.29 is 22.7 Å². The van der Waals surface area contributed by atoms with Gasteiger partial charge in [-0.25, -0.2) is 0 Å². The van der Waals surface area contributed by atoms with Gasteiger partial charge in [0.1, 0.15) is 11.5 Å². The minimum Gasteiger partial charge on any atom is -0.406 e. The topological polar surface area (TPSA) is 26.3 Å². The van der Waals surface area contributed by atoms with Gasteiger partial charge in [0.25, 0.3) is 0 Å². The van der Waals surface area contributed by atoms with Gasteiger partial charge >= 0.3 is 6.36 Å². The van der Waals surface area contributed by atoms with Crippen LogP contribution in [0.15, 0.2) is 24.3 Å². The molecule has 0 heterocycles. The Balaban J connectivity index is 1.86. The largest absolute Gasteiger partial charge is 0.573 e.